The first-order valence-corrected chi connectivity index (χ1v) is 7.67. The van der Waals surface area contributed by atoms with Crippen LogP contribution < -0.4 is 5.73 Å². The van der Waals surface area contributed by atoms with Gasteiger partial charge in [0.15, 0.2) is 0 Å². The van der Waals surface area contributed by atoms with Gasteiger partial charge in [-0.25, -0.2) is 0 Å². The number of aryl methyl sites for hydroxylation is 1. The molecule has 100 valence electrons. The lowest BCUT2D eigenvalue weighted by molar-refractivity contribution is 0.0640. The SMILES string of the molecule is CCN(C(=O)c1cscc1C)C1CCC(N)CC1. The molecule has 1 aliphatic carbocycles. The summed E-state index contributed by atoms with van der Waals surface area (Å²) in [5.41, 5.74) is 7.90. The van der Waals surface area contributed by atoms with Gasteiger partial charge in [0, 0.05) is 24.0 Å². The van der Waals surface area contributed by atoms with Gasteiger partial charge in [-0.3, -0.25) is 4.79 Å². The van der Waals surface area contributed by atoms with Gasteiger partial charge in [0.05, 0.1) is 5.56 Å². The third kappa shape index (κ3) is 2.75. The second-order valence-electron chi connectivity index (χ2n) is 5.13. The minimum absolute atomic E-state index is 0.191. The van der Waals surface area contributed by atoms with E-state index in [9.17, 15) is 4.79 Å². The summed E-state index contributed by atoms with van der Waals surface area (Å²) in [7, 11) is 0. The first-order chi connectivity index (χ1) is 8.63. The fourth-order valence-electron chi connectivity index (χ4n) is 2.72. The molecule has 0 aromatic carbocycles. The minimum Gasteiger partial charge on any atom is -0.336 e. The zero-order chi connectivity index (χ0) is 13.1. The Morgan fingerprint density at radius 2 is 2.06 bits per heavy atom. The first-order valence-electron chi connectivity index (χ1n) is 6.72. The Morgan fingerprint density at radius 3 is 2.56 bits per heavy atom. The summed E-state index contributed by atoms with van der Waals surface area (Å²) in [6.07, 6.45) is 4.17. The Bertz CT molecular complexity index is 408. The minimum atomic E-state index is 0.191. The summed E-state index contributed by atoms with van der Waals surface area (Å²) in [6.45, 7) is 4.86. The largest absolute Gasteiger partial charge is 0.336 e. The predicted molar refractivity (Wildman–Crippen MR) is 76.0 cm³/mol. The van der Waals surface area contributed by atoms with E-state index in [1.54, 1.807) is 11.3 Å². The Kier molecular flexibility index (Phi) is 4.40. The molecule has 18 heavy (non-hydrogen) atoms. The van der Waals surface area contributed by atoms with E-state index in [2.05, 4.69) is 6.92 Å². The Balaban J connectivity index is 2.09. The van der Waals surface area contributed by atoms with Crippen molar-refractivity contribution in [3.63, 3.8) is 0 Å². The Labute approximate surface area is 113 Å². The molecule has 0 radical (unpaired) electrons. The molecule has 1 saturated carbocycles. The molecule has 1 aromatic rings. The van der Waals surface area contributed by atoms with Crippen LogP contribution in [0.5, 0.6) is 0 Å². The quantitative estimate of drug-likeness (QED) is 0.914. The van der Waals surface area contributed by atoms with Crippen LogP contribution in [0, 0.1) is 6.92 Å². The van der Waals surface area contributed by atoms with Crippen molar-refractivity contribution in [3.05, 3.63) is 21.9 Å². The standard InChI is InChI=1S/C14H22N2OS/c1-3-16(12-6-4-11(15)5-7-12)14(17)13-9-18-8-10(13)2/h8-9,11-12H,3-7,15H2,1-2H3. The molecule has 0 bridgehead atoms. The number of carbonyl (C=O) groups excluding carboxylic acids is 1. The van der Waals surface area contributed by atoms with Crippen LogP contribution >= 0.6 is 11.3 Å². The lowest BCUT2D eigenvalue weighted by Crippen LogP contribution is -2.44. The highest BCUT2D eigenvalue weighted by Crippen LogP contribution is 2.25. The van der Waals surface area contributed by atoms with Crippen molar-refractivity contribution in [3.8, 4) is 0 Å². The summed E-state index contributed by atoms with van der Waals surface area (Å²) in [5, 5.41) is 4.01. The van der Waals surface area contributed by atoms with Crippen LogP contribution in [0.4, 0.5) is 0 Å². The van der Waals surface area contributed by atoms with E-state index in [0.717, 1.165) is 43.4 Å². The molecule has 4 heteroatoms. The van der Waals surface area contributed by atoms with Crippen LogP contribution in [0.25, 0.3) is 0 Å². The van der Waals surface area contributed by atoms with Crippen LogP contribution in [-0.2, 0) is 0 Å². The zero-order valence-corrected chi connectivity index (χ0v) is 12.0. The number of nitrogens with zero attached hydrogens (tertiary/aromatic N) is 1. The smallest absolute Gasteiger partial charge is 0.255 e. The molecule has 1 heterocycles. The lowest BCUT2D eigenvalue weighted by atomic mass is 9.90. The van der Waals surface area contributed by atoms with E-state index in [4.69, 9.17) is 5.73 Å². The van der Waals surface area contributed by atoms with Crippen molar-refractivity contribution >= 4 is 17.2 Å². The number of nitrogens with two attached hydrogens (primary N) is 1. The molecule has 0 aliphatic heterocycles. The summed E-state index contributed by atoms with van der Waals surface area (Å²) < 4.78 is 0. The summed E-state index contributed by atoms with van der Waals surface area (Å²) in [5.74, 6) is 0.191. The molecule has 0 atom stereocenters. The average molecular weight is 266 g/mol. The van der Waals surface area contributed by atoms with E-state index in [-0.39, 0.29) is 5.91 Å². The molecule has 3 nitrogen and oxygen atoms in total. The van der Waals surface area contributed by atoms with Crippen LogP contribution in [0.1, 0.15) is 48.5 Å². The third-order valence-electron chi connectivity index (χ3n) is 3.87. The van der Waals surface area contributed by atoms with Crippen molar-refractivity contribution in [1.82, 2.24) is 4.90 Å². The van der Waals surface area contributed by atoms with Crippen molar-refractivity contribution in [2.24, 2.45) is 5.73 Å². The van der Waals surface area contributed by atoms with Crippen LogP contribution in [0.15, 0.2) is 10.8 Å². The van der Waals surface area contributed by atoms with Crippen molar-refractivity contribution in [2.45, 2.75) is 51.6 Å². The number of amides is 1. The normalized spacial score (nSPS) is 23.9. The molecule has 1 aromatic heterocycles. The highest BCUT2D eigenvalue weighted by atomic mass is 32.1. The summed E-state index contributed by atoms with van der Waals surface area (Å²) >= 11 is 1.60. The number of thiophene rings is 1. The topological polar surface area (TPSA) is 46.3 Å². The van der Waals surface area contributed by atoms with Crippen molar-refractivity contribution in [1.29, 1.82) is 0 Å². The molecule has 2 N–H and O–H groups in total. The van der Waals surface area contributed by atoms with Crippen molar-refractivity contribution < 1.29 is 4.79 Å². The van der Waals surface area contributed by atoms with E-state index in [1.165, 1.54) is 0 Å². The fraction of sp³-hybridized carbons (Fsp3) is 0.643. The van der Waals surface area contributed by atoms with E-state index in [1.807, 2.05) is 22.6 Å². The number of hydrogen-bond donors (Lipinski definition) is 1. The van der Waals surface area contributed by atoms with Crippen LogP contribution in [0.3, 0.4) is 0 Å². The van der Waals surface area contributed by atoms with Gasteiger partial charge in [-0.05, 0) is 50.5 Å². The van der Waals surface area contributed by atoms with Gasteiger partial charge < -0.3 is 10.6 Å². The van der Waals surface area contributed by atoms with Crippen molar-refractivity contribution in [2.75, 3.05) is 6.54 Å². The van der Waals surface area contributed by atoms with Crippen LogP contribution in [-0.4, -0.2) is 29.4 Å². The fourth-order valence-corrected chi connectivity index (χ4v) is 3.54. The van der Waals surface area contributed by atoms with Gasteiger partial charge in [-0.15, -0.1) is 0 Å². The molecule has 2 rings (SSSR count). The monoisotopic (exact) mass is 266 g/mol. The maximum Gasteiger partial charge on any atom is 0.255 e. The molecule has 1 fully saturated rings. The molecule has 1 amide bonds. The zero-order valence-electron chi connectivity index (χ0n) is 11.2. The van der Waals surface area contributed by atoms with Gasteiger partial charge in [0.2, 0.25) is 0 Å². The maximum absolute atomic E-state index is 12.5. The van der Waals surface area contributed by atoms with Gasteiger partial charge in [0.25, 0.3) is 5.91 Å². The third-order valence-corrected chi connectivity index (χ3v) is 4.73. The molecular formula is C14H22N2OS. The Morgan fingerprint density at radius 1 is 1.39 bits per heavy atom. The predicted octanol–water partition coefficient (Wildman–Crippen LogP) is 2.79. The number of hydrogen-bond acceptors (Lipinski definition) is 3. The van der Waals surface area contributed by atoms with Gasteiger partial charge >= 0.3 is 0 Å². The van der Waals surface area contributed by atoms with Gasteiger partial charge in [0.1, 0.15) is 0 Å². The molecule has 1 aliphatic rings. The Hall–Kier alpha value is -0.870. The lowest BCUT2D eigenvalue weighted by Gasteiger charge is -2.35. The second kappa shape index (κ2) is 5.85. The maximum atomic E-state index is 12.5. The molecular weight excluding hydrogens is 244 g/mol. The van der Waals surface area contributed by atoms with E-state index >= 15 is 0 Å². The molecule has 0 saturated heterocycles. The van der Waals surface area contributed by atoms with Crippen LogP contribution in [0.2, 0.25) is 0 Å². The van der Waals surface area contributed by atoms with Gasteiger partial charge in [-0.1, -0.05) is 0 Å². The number of carbonyl (C=O) groups is 1. The summed E-state index contributed by atoms with van der Waals surface area (Å²) in [4.78, 5) is 14.6. The average Bonchev–Trinajstić information content (AvgIpc) is 2.78. The molecule has 0 unspecified atom stereocenters. The second-order valence-corrected chi connectivity index (χ2v) is 5.87. The van der Waals surface area contributed by atoms with E-state index in [0.29, 0.717) is 12.1 Å². The van der Waals surface area contributed by atoms with E-state index < -0.39 is 0 Å². The summed E-state index contributed by atoms with van der Waals surface area (Å²) in [6, 6.07) is 0.708. The highest BCUT2D eigenvalue weighted by molar-refractivity contribution is 7.08. The highest BCUT2D eigenvalue weighted by Gasteiger charge is 2.28. The van der Waals surface area contributed by atoms with Gasteiger partial charge in [-0.2, -0.15) is 11.3 Å². The molecule has 0 spiro atoms. The first kappa shape index (κ1) is 13.6. The number of rotatable bonds is 3.